The van der Waals surface area contributed by atoms with E-state index in [0.29, 0.717) is 29.0 Å². The number of rotatable bonds is 4. The molecule has 4 aromatic rings. The van der Waals surface area contributed by atoms with E-state index in [4.69, 9.17) is 15.1 Å². The predicted molar refractivity (Wildman–Crippen MR) is 104 cm³/mol. The van der Waals surface area contributed by atoms with Crippen LogP contribution in [0.2, 0.25) is 0 Å². The summed E-state index contributed by atoms with van der Waals surface area (Å²) in [7, 11) is 0. The van der Waals surface area contributed by atoms with Gasteiger partial charge in [-0.05, 0) is 38.1 Å². The minimum atomic E-state index is -0.344. The first-order valence-corrected chi connectivity index (χ1v) is 8.96. The SMILES string of the molecule is CCNC(=O)c1cc2c(=O)n3cccc(C)c3nc2[n+](Cc2ccco2)c1N. The van der Waals surface area contributed by atoms with Crippen LogP contribution in [-0.2, 0) is 6.54 Å². The number of carbonyl (C=O) groups excluding carboxylic acids is 1. The summed E-state index contributed by atoms with van der Waals surface area (Å²) in [6.45, 7) is 4.40. The topological polar surface area (TPSA) is 107 Å². The number of furan rings is 1. The third-order valence-electron chi connectivity index (χ3n) is 4.65. The second-order valence-corrected chi connectivity index (χ2v) is 6.51. The Morgan fingerprint density at radius 1 is 1.36 bits per heavy atom. The maximum Gasteiger partial charge on any atom is 0.278 e. The first-order chi connectivity index (χ1) is 13.5. The molecule has 0 saturated carbocycles. The highest BCUT2D eigenvalue weighted by Gasteiger charge is 2.25. The van der Waals surface area contributed by atoms with Crippen molar-refractivity contribution in [3.8, 4) is 0 Å². The van der Waals surface area contributed by atoms with E-state index in [0.717, 1.165) is 5.56 Å². The molecule has 0 aliphatic rings. The Bertz CT molecular complexity index is 1260. The van der Waals surface area contributed by atoms with Crippen molar-refractivity contribution in [2.24, 2.45) is 0 Å². The lowest BCUT2D eigenvalue weighted by Gasteiger charge is -2.11. The van der Waals surface area contributed by atoms with E-state index in [1.807, 2.05) is 19.9 Å². The van der Waals surface area contributed by atoms with Crippen LogP contribution >= 0.6 is 0 Å². The minimum absolute atomic E-state index is 0.222. The Balaban J connectivity index is 2.10. The van der Waals surface area contributed by atoms with E-state index in [1.165, 1.54) is 10.5 Å². The van der Waals surface area contributed by atoms with Crippen molar-refractivity contribution in [1.29, 1.82) is 0 Å². The predicted octanol–water partition coefficient (Wildman–Crippen LogP) is 1.42. The van der Waals surface area contributed by atoms with Gasteiger partial charge in [-0.2, -0.15) is 0 Å². The Labute approximate surface area is 160 Å². The van der Waals surface area contributed by atoms with Crippen LogP contribution in [0.3, 0.4) is 0 Å². The van der Waals surface area contributed by atoms with Crippen molar-refractivity contribution >= 4 is 28.4 Å². The largest absolute Gasteiger partial charge is 0.466 e. The Morgan fingerprint density at radius 3 is 2.89 bits per heavy atom. The average Bonchev–Trinajstić information content (AvgIpc) is 3.18. The number of hydrogen-bond donors (Lipinski definition) is 2. The molecule has 0 aliphatic carbocycles. The van der Waals surface area contributed by atoms with Gasteiger partial charge in [-0.15, -0.1) is 0 Å². The first-order valence-electron chi connectivity index (χ1n) is 8.96. The zero-order valence-electron chi connectivity index (χ0n) is 15.6. The molecule has 0 aliphatic heterocycles. The summed E-state index contributed by atoms with van der Waals surface area (Å²) < 4.78 is 8.57. The van der Waals surface area contributed by atoms with Crippen LogP contribution in [0.5, 0.6) is 0 Å². The molecule has 0 bridgehead atoms. The summed E-state index contributed by atoms with van der Waals surface area (Å²) in [6.07, 6.45) is 3.22. The fourth-order valence-corrected chi connectivity index (χ4v) is 3.27. The third kappa shape index (κ3) is 2.79. The number of aromatic nitrogens is 3. The molecule has 28 heavy (non-hydrogen) atoms. The summed E-state index contributed by atoms with van der Waals surface area (Å²) >= 11 is 0. The second-order valence-electron chi connectivity index (χ2n) is 6.51. The number of pyridine rings is 2. The lowest BCUT2D eigenvalue weighted by molar-refractivity contribution is -0.651. The molecule has 3 N–H and O–H groups in total. The number of nitrogen functional groups attached to an aromatic ring is 1. The molecule has 1 amide bonds. The van der Waals surface area contributed by atoms with Gasteiger partial charge in [0.25, 0.3) is 17.1 Å². The van der Waals surface area contributed by atoms with Gasteiger partial charge in [0.2, 0.25) is 11.5 Å². The number of fused-ring (bicyclic) bond motifs is 2. The first kappa shape index (κ1) is 17.7. The summed E-state index contributed by atoms with van der Waals surface area (Å²) in [4.78, 5) is 30.4. The molecule has 4 rings (SSSR count). The highest BCUT2D eigenvalue weighted by atomic mass is 16.3. The fourth-order valence-electron chi connectivity index (χ4n) is 3.27. The van der Waals surface area contributed by atoms with Crippen LogP contribution in [0.1, 0.15) is 28.6 Å². The Morgan fingerprint density at radius 2 is 2.18 bits per heavy atom. The van der Waals surface area contributed by atoms with Gasteiger partial charge in [-0.25, -0.2) is 4.57 Å². The second kappa shape index (κ2) is 6.80. The summed E-state index contributed by atoms with van der Waals surface area (Å²) in [5.41, 5.74) is 8.11. The van der Waals surface area contributed by atoms with Crippen LogP contribution in [-0.4, -0.2) is 21.8 Å². The number of aryl methyl sites for hydroxylation is 1. The van der Waals surface area contributed by atoms with Crippen LogP contribution < -0.4 is 21.2 Å². The van der Waals surface area contributed by atoms with Gasteiger partial charge >= 0.3 is 0 Å². The van der Waals surface area contributed by atoms with Crippen LogP contribution in [0.25, 0.3) is 16.7 Å². The van der Waals surface area contributed by atoms with Crippen molar-refractivity contribution in [2.75, 3.05) is 12.3 Å². The van der Waals surface area contributed by atoms with Crippen LogP contribution in [0.4, 0.5) is 5.82 Å². The van der Waals surface area contributed by atoms with Crippen LogP contribution in [0.15, 0.2) is 52.0 Å². The number of nitrogens with zero attached hydrogens (tertiary/aromatic N) is 3. The van der Waals surface area contributed by atoms with Crippen molar-refractivity contribution in [1.82, 2.24) is 14.7 Å². The fraction of sp³-hybridized carbons (Fsp3) is 0.200. The monoisotopic (exact) mass is 378 g/mol. The summed E-state index contributed by atoms with van der Waals surface area (Å²) in [5, 5.41) is 3.04. The molecule has 0 spiro atoms. The van der Waals surface area contributed by atoms with E-state index >= 15 is 0 Å². The molecule has 0 fully saturated rings. The van der Waals surface area contributed by atoms with E-state index in [-0.39, 0.29) is 29.4 Å². The van der Waals surface area contributed by atoms with E-state index in [9.17, 15) is 9.59 Å². The minimum Gasteiger partial charge on any atom is -0.466 e. The lowest BCUT2D eigenvalue weighted by atomic mass is 10.1. The number of nitrogens with one attached hydrogen (secondary N) is 1. The maximum atomic E-state index is 13.2. The van der Waals surface area contributed by atoms with Gasteiger partial charge < -0.3 is 15.5 Å². The molecule has 0 radical (unpaired) electrons. The number of amides is 1. The molecule has 0 aromatic carbocycles. The maximum absolute atomic E-state index is 13.2. The smallest absolute Gasteiger partial charge is 0.278 e. The third-order valence-corrected chi connectivity index (χ3v) is 4.65. The van der Waals surface area contributed by atoms with Gasteiger partial charge in [-0.3, -0.25) is 14.0 Å². The highest BCUT2D eigenvalue weighted by molar-refractivity contribution is 6.00. The number of carbonyl (C=O) groups is 1. The zero-order chi connectivity index (χ0) is 19.8. The van der Waals surface area contributed by atoms with E-state index in [1.54, 1.807) is 35.2 Å². The Kier molecular flexibility index (Phi) is 4.31. The molecule has 8 nitrogen and oxygen atoms in total. The molecular weight excluding hydrogens is 358 g/mol. The van der Waals surface area contributed by atoms with Gasteiger partial charge in [0.05, 0.1) is 6.26 Å². The molecule has 4 heterocycles. The summed E-state index contributed by atoms with van der Waals surface area (Å²) in [6, 6.07) is 8.76. The Hall–Kier alpha value is -3.68. The molecule has 0 atom stereocenters. The normalized spacial score (nSPS) is 11.2. The number of hydrogen-bond acceptors (Lipinski definition) is 5. The van der Waals surface area contributed by atoms with E-state index < -0.39 is 0 Å². The molecule has 142 valence electrons. The molecule has 0 unspecified atom stereocenters. The number of nitrogens with two attached hydrogens (primary N) is 1. The lowest BCUT2D eigenvalue weighted by Crippen LogP contribution is -2.43. The highest BCUT2D eigenvalue weighted by Crippen LogP contribution is 2.16. The van der Waals surface area contributed by atoms with Crippen molar-refractivity contribution in [3.05, 3.63) is 70.0 Å². The van der Waals surface area contributed by atoms with Gasteiger partial charge in [0.1, 0.15) is 23.3 Å². The molecular formula is C20H20N5O3+. The van der Waals surface area contributed by atoms with Crippen molar-refractivity contribution in [2.45, 2.75) is 20.4 Å². The van der Waals surface area contributed by atoms with Crippen molar-refractivity contribution < 1.29 is 13.8 Å². The summed E-state index contributed by atoms with van der Waals surface area (Å²) in [5.74, 6) is 0.515. The number of anilines is 1. The average molecular weight is 378 g/mol. The molecule has 8 heteroatoms. The van der Waals surface area contributed by atoms with Crippen LogP contribution in [0, 0.1) is 6.92 Å². The van der Waals surface area contributed by atoms with E-state index in [2.05, 4.69) is 5.32 Å². The molecule has 0 saturated heterocycles. The van der Waals surface area contributed by atoms with Gasteiger partial charge in [0.15, 0.2) is 0 Å². The van der Waals surface area contributed by atoms with Gasteiger partial charge in [0, 0.05) is 18.3 Å². The zero-order valence-corrected chi connectivity index (χ0v) is 15.6. The quantitative estimate of drug-likeness (QED) is 0.413. The standard InChI is InChI=1S/C20H19N5O3/c1-3-22-19(26)14-10-15-18(25(16(14)21)11-13-7-5-9-28-13)23-17-12(2)6-4-8-24(17)20(15)27/h4-10,21H,3,11H2,1-2H3,(H,22,26)/p+1. The molecule has 4 aromatic heterocycles. The van der Waals surface area contributed by atoms with Crippen molar-refractivity contribution in [3.63, 3.8) is 0 Å². The van der Waals surface area contributed by atoms with Gasteiger partial charge in [-0.1, -0.05) is 11.1 Å².